The van der Waals surface area contributed by atoms with Crippen molar-refractivity contribution in [2.45, 2.75) is 12.1 Å². The number of nitrogens with zero attached hydrogens (tertiary/aromatic N) is 1. The molecule has 0 radical (unpaired) electrons. The SMILES string of the molecule is NCC(COc1cccc(C(F)(F)F)c1)c1ccccn1. The molecule has 0 bridgehead atoms. The fourth-order valence-corrected chi connectivity index (χ4v) is 1.85. The number of alkyl halides is 3. The van der Waals surface area contributed by atoms with E-state index in [0.29, 0.717) is 6.54 Å². The molecule has 0 amide bonds. The van der Waals surface area contributed by atoms with Crippen LogP contribution in [0.2, 0.25) is 0 Å². The second kappa shape index (κ2) is 6.58. The molecule has 1 atom stereocenters. The van der Waals surface area contributed by atoms with Crippen LogP contribution in [0.25, 0.3) is 0 Å². The van der Waals surface area contributed by atoms with E-state index in [0.717, 1.165) is 17.8 Å². The first-order valence-corrected chi connectivity index (χ1v) is 6.42. The number of halogens is 3. The first kappa shape index (κ1) is 15.3. The van der Waals surface area contributed by atoms with Crippen LogP contribution in [0.4, 0.5) is 13.2 Å². The minimum Gasteiger partial charge on any atom is -0.493 e. The van der Waals surface area contributed by atoms with Crippen LogP contribution >= 0.6 is 0 Å². The van der Waals surface area contributed by atoms with Gasteiger partial charge in [-0.3, -0.25) is 4.98 Å². The summed E-state index contributed by atoms with van der Waals surface area (Å²) in [5, 5.41) is 0. The second-order valence-corrected chi connectivity index (χ2v) is 4.52. The van der Waals surface area contributed by atoms with Gasteiger partial charge in [-0.05, 0) is 30.3 Å². The molecular formula is C15H15F3N2O. The highest BCUT2D eigenvalue weighted by Gasteiger charge is 2.30. The maximum absolute atomic E-state index is 12.6. The molecule has 2 rings (SSSR count). The van der Waals surface area contributed by atoms with Crippen LogP contribution in [-0.4, -0.2) is 18.1 Å². The minimum absolute atomic E-state index is 0.166. The molecule has 1 aromatic carbocycles. The third kappa shape index (κ3) is 4.19. The van der Waals surface area contributed by atoms with E-state index in [-0.39, 0.29) is 18.3 Å². The monoisotopic (exact) mass is 296 g/mol. The lowest BCUT2D eigenvalue weighted by molar-refractivity contribution is -0.137. The van der Waals surface area contributed by atoms with E-state index in [1.807, 2.05) is 12.1 Å². The van der Waals surface area contributed by atoms with Gasteiger partial charge in [0.1, 0.15) is 5.75 Å². The molecule has 0 aliphatic rings. The molecular weight excluding hydrogens is 281 g/mol. The van der Waals surface area contributed by atoms with E-state index in [1.165, 1.54) is 12.1 Å². The number of pyridine rings is 1. The Morgan fingerprint density at radius 2 is 1.95 bits per heavy atom. The molecule has 1 aromatic heterocycles. The summed E-state index contributed by atoms with van der Waals surface area (Å²) in [6.07, 6.45) is -2.74. The van der Waals surface area contributed by atoms with Crippen molar-refractivity contribution in [3.8, 4) is 5.75 Å². The number of nitrogens with two attached hydrogens (primary N) is 1. The summed E-state index contributed by atoms with van der Waals surface area (Å²) in [5.41, 5.74) is 5.69. The van der Waals surface area contributed by atoms with Gasteiger partial charge in [0, 0.05) is 24.4 Å². The molecule has 21 heavy (non-hydrogen) atoms. The summed E-state index contributed by atoms with van der Waals surface area (Å²) >= 11 is 0. The molecule has 6 heteroatoms. The summed E-state index contributed by atoms with van der Waals surface area (Å²) in [5.74, 6) is -0.0000472. The quantitative estimate of drug-likeness (QED) is 0.921. The van der Waals surface area contributed by atoms with Crippen LogP contribution in [-0.2, 0) is 6.18 Å². The predicted molar refractivity (Wildman–Crippen MR) is 73.0 cm³/mol. The van der Waals surface area contributed by atoms with Crippen molar-refractivity contribution in [1.82, 2.24) is 4.98 Å². The number of benzene rings is 1. The smallest absolute Gasteiger partial charge is 0.416 e. The zero-order chi connectivity index (χ0) is 15.3. The Morgan fingerprint density at radius 3 is 2.57 bits per heavy atom. The summed E-state index contributed by atoms with van der Waals surface area (Å²) in [6, 6.07) is 10.2. The summed E-state index contributed by atoms with van der Waals surface area (Å²) in [7, 11) is 0. The zero-order valence-electron chi connectivity index (χ0n) is 11.2. The second-order valence-electron chi connectivity index (χ2n) is 4.52. The van der Waals surface area contributed by atoms with Gasteiger partial charge in [-0.2, -0.15) is 13.2 Å². The first-order chi connectivity index (χ1) is 10.0. The lowest BCUT2D eigenvalue weighted by Crippen LogP contribution is -2.20. The van der Waals surface area contributed by atoms with Gasteiger partial charge in [-0.1, -0.05) is 12.1 Å². The molecule has 2 aromatic rings. The van der Waals surface area contributed by atoms with Crippen LogP contribution < -0.4 is 10.5 Å². The Bertz CT molecular complexity index is 573. The van der Waals surface area contributed by atoms with Crippen LogP contribution in [0.5, 0.6) is 5.75 Å². The Labute approximate surface area is 120 Å². The van der Waals surface area contributed by atoms with Crippen molar-refractivity contribution < 1.29 is 17.9 Å². The number of aromatic nitrogens is 1. The standard InChI is InChI=1S/C15H15F3N2O/c16-15(17,18)12-4-3-5-13(8-12)21-10-11(9-19)14-6-1-2-7-20-14/h1-8,11H,9-10,19H2. The third-order valence-corrected chi connectivity index (χ3v) is 3.00. The van der Waals surface area contributed by atoms with Crippen molar-refractivity contribution in [2.75, 3.05) is 13.2 Å². The van der Waals surface area contributed by atoms with E-state index >= 15 is 0 Å². The Morgan fingerprint density at radius 1 is 1.14 bits per heavy atom. The zero-order valence-corrected chi connectivity index (χ0v) is 11.2. The van der Waals surface area contributed by atoms with Crippen LogP contribution in [0.3, 0.4) is 0 Å². The van der Waals surface area contributed by atoms with Gasteiger partial charge >= 0.3 is 6.18 Å². The highest BCUT2D eigenvalue weighted by atomic mass is 19.4. The highest BCUT2D eigenvalue weighted by molar-refractivity contribution is 5.30. The van der Waals surface area contributed by atoms with Crippen LogP contribution in [0.1, 0.15) is 17.2 Å². The van der Waals surface area contributed by atoms with Crippen molar-refractivity contribution in [2.24, 2.45) is 5.73 Å². The van der Waals surface area contributed by atoms with Crippen LogP contribution in [0.15, 0.2) is 48.7 Å². The maximum atomic E-state index is 12.6. The van der Waals surface area contributed by atoms with Crippen LogP contribution in [0, 0.1) is 0 Å². The number of hydrogen-bond donors (Lipinski definition) is 1. The van der Waals surface area contributed by atoms with E-state index in [4.69, 9.17) is 10.5 Å². The highest BCUT2D eigenvalue weighted by Crippen LogP contribution is 2.31. The molecule has 1 heterocycles. The first-order valence-electron chi connectivity index (χ1n) is 6.42. The molecule has 112 valence electrons. The predicted octanol–water partition coefficient (Wildman–Crippen LogP) is 3.22. The topological polar surface area (TPSA) is 48.1 Å². The minimum atomic E-state index is -4.38. The maximum Gasteiger partial charge on any atom is 0.416 e. The van der Waals surface area contributed by atoms with Gasteiger partial charge < -0.3 is 10.5 Å². The van der Waals surface area contributed by atoms with E-state index in [2.05, 4.69) is 4.98 Å². The average Bonchev–Trinajstić information content (AvgIpc) is 2.48. The Balaban J connectivity index is 2.05. The Hall–Kier alpha value is -2.08. The number of rotatable bonds is 5. The molecule has 0 aliphatic carbocycles. The summed E-state index contributed by atoms with van der Waals surface area (Å²) in [6.45, 7) is 0.477. The van der Waals surface area contributed by atoms with Gasteiger partial charge in [-0.25, -0.2) is 0 Å². The largest absolute Gasteiger partial charge is 0.493 e. The fourth-order valence-electron chi connectivity index (χ4n) is 1.85. The van der Waals surface area contributed by atoms with Gasteiger partial charge in [0.2, 0.25) is 0 Å². The van der Waals surface area contributed by atoms with E-state index in [1.54, 1.807) is 12.3 Å². The normalized spacial score (nSPS) is 13.0. The molecule has 0 spiro atoms. The molecule has 2 N–H and O–H groups in total. The number of hydrogen-bond acceptors (Lipinski definition) is 3. The van der Waals surface area contributed by atoms with Crippen molar-refractivity contribution in [3.63, 3.8) is 0 Å². The summed E-state index contributed by atoms with van der Waals surface area (Å²) < 4.78 is 43.3. The molecule has 1 unspecified atom stereocenters. The molecule has 3 nitrogen and oxygen atoms in total. The lowest BCUT2D eigenvalue weighted by atomic mass is 10.1. The molecule has 0 saturated carbocycles. The van der Waals surface area contributed by atoms with E-state index < -0.39 is 11.7 Å². The molecule has 0 aliphatic heterocycles. The van der Waals surface area contributed by atoms with Gasteiger partial charge in [0.05, 0.1) is 12.2 Å². The van der Waals surface area contributed by atoms with Crippen molar-refractivity contribution >= 4 is 0 Å². The van der Waals surface area contributed by atoms with Crippen molar-refractivity contribution in [3.05, 3.63) is 59.9 Å². The number of ether oxygens (including phenoxy) is 1. The Kier molecular flexibility index (Phi) is 4.80. The van der Waals surface area contributed by atoms with Crippen molar-refractivity contribution in [1.29, 1.82) is 0 Å². The summed E-state index contributed by atoms with van der Waals surface area (Å²) in [4.78, 5) is 4.18. The third-order valence-electron chi connectivity index (χ3n) is 3.00. The van der Waals surface area contributed by atoms with Gasteiger partial charge in [0.25, 0.3) is 0 Å². The lowest BCUT2D eigenvalue weighted by Gasteiger charge is -2.16. The average molecular weight is 296 g/mol. The molecule has 0 fully saturated rings. The van der Waals surface area contributed by atoms with Gasteiger partial charge in [-0.15, -0.1) is 0 Å². The fraction of sp³-hybridized carbons (Fsp3) is 0.267. The van der Waals surface area contributed by atoms with E-state index in [9.17, 15) is 13.2 Å². The molecule has 0 saturated heterocycles. The van der Waals surface area contributed by atoms with Gasteiger partial charge in [0.15, 0.2) is 0 Å².